The normalized spacial score (nSPS) is 11.8. The van der Waals surface area contributed by atoms with Crippen LogP contribution in [0.3, 0.4) is 0 Å². The van der Waals surface area contributed by atoms with Crippen molar-refractivity contribution in [1.82, 2.24) is 9.97 Å². The number of benzene rings is 1. The summed E-state index contributed by atoms with van der Waals surface area (Å²) in [5.41, 5.74) is 5.11. The number of nitrogens with zero attached hydrogens (tertiary/aromatic N) is 2. The van der Waals surface area contributed by atoms with Gasteiger partial charge in [0, 0.05) is 25.7 Å². The van der Waals surface area contributed by atoms with Crippen molar-refractivity contribution in [3.63, 3.8) is 0 Å². The summed E-state index contributed by atoms with van der Waals surface area (Å²) in [5, 5.41) is 1.10. The van der Waals surface area contributed by atoms with Gasteiger partial charge in [-0.2, -0.15) is 0 Å². The van der Waals surface area contributed by atoms with Crippen molar-refractivity contribution in [3.05, 3.63) is 48.3 Å². The van der Waals surface area contributed by atoms with Crippen LogP contribution in [0.4, 0.5) is 5.69 Å². The van der Waals surface area contributed by atoms with Gasteiger partial charge in [0.25, 0.3) is 0 Å². The molecule has 4 rings (SSSR count). The van der Waals surface area contributed by atoms with Crippen molar-refractivity contribution in [2.75, 3.05) is 0 Å². The van der Waals surface area contributed by atoms with Gasteiger partial charge in [-0.1, -0.05) is 36.0 Å². The van der Waals surface area contributed by atoms with Crippen LogP contribution in [0.1, 0.15) is 5.56 Å². The molecule has 4 heteroatoms. The molecular weight excluding hydrogens is 313 g/mol. The summed E-state index contributed by atoms with van der Waals surface area (Å²) in [6.07, 6.45) is 6.80. The first-order chi connectivity index (χ1) is 8.43. The first kappa shape index (κ1) is 11.3. The molecule has 0 saturated heterocycles. The van der Waals surface area contributed by atoms with Gasteiger partial charge in [0.05, 0.1) is 5.65 Å². The second kappa shape index (κ2) is 4.14. The van der Waals surface area contributed by atoms with Crippen LogP contribution < -0.4 is 0 Å². The van der Waals surface area contributed by atoms with Crippen LogP contribution in [0.2, 0.25) is 0 Å². The Bertz CT molecular complexity index is 759. The standard InChI is InChI=1S/C14H8N3.Rh/c1-2-4-12-10(3-1)11-5-6-15-14-13(11)9(7-16-12)8-17-14;/h1-6,8H,(H,15,17);/q-1;. The quantitative estimate of drug-likeness (QED) is 0.392. The summed E-state index contributed by atoms with van der Waals surface area (Å²) in [6.45, 7) is 0. The van der Waals surface area contributed by atoms with Crippen molar-refractivity contribution in [3.8, 4) is 11.1 Å². The van der Waals surface area contributed by atoms with Gasteiger partial charge in [-0.25, -0.2) is 4.98 Å². The van der Waals surface area contributed by atoms with Gasteiger partial charge < -0.3 is 9.98 Å². The van der Waals surface area contributed by atoms with E-state index in [-0.39, 0.29) is 19.5 Å². The summed E-state index contributed by atoms with van der Waals surface area (Å²) < 4.78 is 0. The number of fused-ring (bicyclic) bond motifs is 2. The third kappa shape index (κ3) is 1.46. The van der Waals surface area contributed by atoms with E-state index in [4.69, 9.17) is 0 Å². The van der Waals surface area contributed by atoms with E-state index >= 15 is 0 Å². The van der Waals surface area contributed by atoms with E-state index in [1.807, 2.05) is 36.7 Å². The van der Waals surface area contributed by atoms with Gasteiger partial charge in [-0.05, 0) is 28.9 Å². The summed E-state index contributed by atoms with van der Waals surface area (Å²) in [6, 6.07) is 10.1. The molecule has 0 spiro atoms. The van der Waals surface area contributed by atoms with Gasteiger partial charge in [0.2, 0.25) is 0 Å². The Balaban J connectivity index is 0.000001000. The molecule has 0 atom stereocenters. The second-order valence-corrected chi connectivity index (χ2v) is 4.03. The molecule has 1 aliphatic rings. The van der Waals surface area contributed by atoms with Crippen LogP contribution >= 0.6 is 0 Å². The van der Waals surface area contributed by atoms with Crippen LogP contribution in [0.25, 0.3) is 22.2 Å². The van der Waals surface area contributed by atoms with Crippen molar-refractivity contribution >= 4 is 22.9 Å². The second-order valence-electron chi connectivity index (χ2n) is 4.03. The zero-order valence-corrected chi connectivity index (χ0v) is 10.9. The van der Waals surface area contributed by atoms with E-state index in [2.05, 4.69) is 27.2 Å². The third-order valence-electron chi connectivity index (χ3n) is 3.06. The number of aliphatic imine (C=N–C) groups is 1. The Morgan fingerprint density at radius 3 is 2.89 bits per heavy atom. The number of pyridine rings is 1. The van der Waals surface area contributed by atoms with Gasteiger partial charge in [0.15, 0.2) is 0 Å². The maximum Gasteiger partial charge on any atom is 0.0868 e. The van der Waals surface area contributed by atoms with Crippen LogP contribution in [0.5, 0.6) is 0 Å². The van der Waals surface area contributed by atoms with Gasteiger partial charge in [0.1, 0.15) is 0 Å². The number of hydrogen-bond acceptors (Lipinski definition) is 2. The average Bonchev–Trinajstić information content (AvgIpc) is 2.72. The number of H-pyrrole nitrogens is 1. The molecule has 0 unspecified atom stereocenters. The minimum atomic E-state index is 0. The average molecular weight is 321 g/mol. The number of nitrogens with one attached hydrogen (secondary N) is 1. The predicted molar refractivity (Wildman–Crippen MR) is 67.7 cm³/mol. The van der Waals surface area contributed by atoms with Crippen LogP contribution in [0.15, 0.2) is 47.7 Å². The number of aromatic amines is 1. The van der Waals surface area contributed by atoms with Crippen molar-refractivity contribution in [2.45, 2.75) is 0 Å². The molecule has 0 amide bonds. The number of rotatable bonds is 0. The maximum absolute atomic E-state index is 4.40. The fourth-order valence-corrected chi connectivity index (χ4v) is 2.29. The molecule has 3 aromatic rings. The number of para-hydroxylation sites is 1. The molecule has 1 aliphatic heterocycles. The maximum atomic E-state index is 4.40. The topological polar surface area (TPSA) is 41.0 Å². The molecule has 1 radical (unpaired) electrons. The van der Waals surface area contributed by atoms with E-state index in [1.54, 1.807) is 0 Å². The smallest absolute Gasteiger partial charge is 0.0868 e. The van der Waals surface area contributed by atoms with E-state index in [9.17, 15) is 0 Å². The minimum Gasteiger partial charge on any atom is -0.393 e. The van der Waals surface area contributed by atoms with Crippen molar-refractivity contribution < 1.29 is 19.5 Å². The van der Waals surface area contributed by atoms with Crippen molar-refractivity contribution in [2.24, 2.45) is 4.99 Å². The minimum absolute atomic E-state index is 0. The Morgan fingerprint density at radius 1 is 1.06 bits per heavy atom. The molecule has 89 valence electrons. The zero-order valence-electron chi connectivity index (χ0n) is 9.27. The fourth-order valence-electron chi connectivity index (χ4n) is 2.29. The largest absolute Gasteiger partial charge is 0.393 e. The molecule has 0 saturated carbocycles. The Labute approximate surface area is 117 Å². The predicted octanol–water partition coefficient (Wildman–Crippen LogP) is 3.17. The molecule has 3 nitrogen and oxygen atoms in total. The first-order valence-electron chi connectivity index (χ1n) is 5.46. The molecule has 0 bridgehead atoms. The van der Waals surface area contributed by atoms with Crippen LogP contribution in [-0.2, 0) is 19.5 Å². The number of hydrogen-bond donors (Lipinski definition) is 1. The molecule has 0 fully saturated rings. The van der Waals surface area contributed by atoms with Crippen LogP contribution in [-0.4, -0.2) is 16.2 Å². The summed E-state index contributed by atoms with van der Waals surface area (Å²) in [4.78, 5) is 11.9. The fraction of sp³-hybridized carbons (Fsp3) is 0. The van der Waals surface area contributed by atoms with Crippen LogP contribution in [0, 0.1) is 0 Å². The Hall–Kier alpha value is -1.80. The molecule has 18 heavy (non-hydrogen) atoms. The van der Waals surface area contributed by atoms with E-state index in [1.165, 1.54) is 0 Å². The monoisotopic (exact) mass is 321 g/mol. The number of aromatic nitrogens is 2. The molecule has 1 aromatic carbocycles. The SMILES string of the molecule is [C-]1=Nc2ccccc2-c2ccnc3[nH]cc1c23.[Rh]. The van der Waals surface area contributed by atoms with E-state index in [0.29, 0.717) is 0 Å². The van der Waals surface area contributed by atoms with E-state index in [0.717, 1.165) is 33.4 Å². The molecule has 1 N–H and O–H groups in total. The first-order valence-corrected chi connectivity index (χ1v) is 5.46. The Kier molecular flexibility index (Phi) is 2.60. The molecule has 0 aliphatic carbocycles. The zero-order chi connectivity index (χ0) is 11.2. The summed E-state index contributed by atoms with van der Waals surface area (Å²) >= 11 is 0. The third-order valence-corrected chi connectivity index (χ3v) is 3.06. The van der Waals surface area contributed by atoms with Gasteiger partial charge in [-0.3, -0.25) is 0 Å². The molecule has 2 aromatic heterocycles. The summed E-state index contributed by atoms with van der Waals surface area (Å²) in [5.74, 6) is 0. The van der Waals surface area contributed by atoms with E-state index < -0.39 is 0 Å². The molecule has 3 heterocycles. The Morgan fingerprint density at radius 2 is 1.94 bits per heavy atom. The molecular formula is C14H8N3Rh-. The van der Waals surface area contributed by atoms with Gasteiger partial charge in [-0.15, -0.1) is 5.56 Å². The summed E-state index contributed by atoms with van der Waals surface area (Å²) in [7, 11) is 0. The van der Waals surface area contributed by atoms with Crippen molar-refractivity contribution in [1.29, 1.82) is 0 Å². The van der Waals surface area contributed by atoms with Gasteiger partial charge >= 0.3 is 0 Å².